The number of hydrogen-bond donors (Lipinski definition) is 1. The third kappa shape index (κ3) is 5.54. The topological polar surface area (TPSA) is 88.8 Å². The van der Waals surface area contributed by atoms with E-state index in [1.165, 1.54) is 30.7 Å². The molecule has 1 amide bonds. The van der Waals surface area contributed by atoms with Gasteiger partial charge in [-0.05, 0) is 80.0 Å². The van der Waals surface area contributed by atoms with Crippen molar-refractivity contribution in [2.75, 3.05) is 26.7 Å². The number of hydrogen-bond acceptors (Lipinski definition) is 6. The van der Waals surface area contributed by atoms with E-state index in [1.54, 1.807) is 19.2 Å². The maximum absolute atomic E-state index is 12.8. The second-order valence-electron chi connectivity index (χ2n) is 8.17. The molecule has 34 heavy (non-hydrogen) atoms. The summed E-state index contributed by atoms with van der Waals surface area (Å²) in [5.74, 6) is 0.288. The van der Waals surface area contributed by atoms with Crippen LogP contribution < -0.4 is 10.1 Å². The highest BCUT2D eigenvalue weighted by molar-refractivity contribution is 9.10. The molecule has 7 nitrogen and oxygen atoms in total. The van der Waals surface area contributed by atoms with Gasteiger partial charge >= 0.3 is 0 Å². The number of benzene rings is 2. The SMILES string of the molecule is COc1ccc([C@@H](CNC(=O)c2ccc(S(=O)(=O)c3ccc(Br)cc3)o2)N2CCCCC2)cc1. The van der Waals surface area contributed by atoms with E-state index >= 15 is 0 Å². The van der Waals surface area contributed by atoms with Gasteiger partial charge in [-0.1, -0.05) is 34.5 Å². The molecule has 1 aromatic heterocycles. The van der Waals surface area contributed by atoms with E-state index in [-0.39, 0.29) is 21.8 Å². The van der Waals surface area contributed by atoms with E-state index in [2.05, 4.69) is 26.1 Å². The van der Waals surface area contributed by atoms with Gasteiger partial charge in [0.25, 0.3) is 5.91 Å². The minimum Gasteiger partial charge on any atom is -0.497 e. The van der Waals surface area contributed by atoms with Crippen molar-refractivity contribution < 1.29 is 22.4 Å². The molecular formula is C25H27BrN2O5S. The molecule has 0 radical (unpaired) electrons. The number of ether oxygens (including phenoxy) is 1. The van der Waals surface area contributed by atoms with Crippen LogP contribution in [0.5, 0.6) is 5.75 Å². The molecule has 4 rings (SSSR count). The van der Waals surface area contributed by atoms with Gasteiger partial charge in [-0.2, -0.15) is 0 Å². The van der Waals surface area contributed by atoms with Crippen LogP contribution in [0.4, 0.5) is 0 Å². The molecule has 0 spiro atoms. The number of carbonyl (C=O) groups is 1. The molecule has 1 fully saturated rings. The Morgan fingerprint density at radius 3 is 2.35 bits per heavy atom. The van der Waals surface area contributed by atoms with Crippen LogP contribution in [-0.4, -0.2) is 46.0 Å². The summed E-state index contributed by atoms with van der Waals surface area (Å²) in [6.45, 7) is 2.30. The van der Waals surface area contributed by atoms with Gasteiger partial charge in [0.05, 0.1) is 18.0 Å². The van der Waals surface area contributed by atoms with Crippen molar-refractivity contribution >= 4 is 31.7 Å². The molecule has 3 aromatic rings. The second-order valence-corrected chi connectivity index (χ2v) is 11.0. The summed E-state index contributed by atoms with van der Waals surface area (Å²) in [5, 5.41) is 2.67. The van der Waals surface area contributed by atoms with Gasteiger partial charge < -0.3 is 14.5 Å². The molecule has 1 aliphatic heterocycles. The summed E-state index contributed by atoms with van der Waals surface area (Å²) in [5.41, 5.74) is 1.08. The van der Waals surface area contributed by atoms with E-state index in [9.17, 15) is 13.2 Å². The van der Waals surface area contributed by atoms with E-state index in [0.29, 0.717) is 6.54 Å². The maximum Gasteiger partial charge on any atom is 0.287 e. The van der Waals surface area contributed by atoms with Gasteiger partial charge in [0.2, 0.25) is 14.9 Å². The van der Waals surface area contributed by atoms with Crippen LogP contribution in [0, 0.1) is 0 Å². The first-order chi connectivity index (χ1) is 16.4. The summed E-state index contributed by atoms with van der Waals surface area (Å²) in [6, 6.07) is 16.8. The fourth-order valence-corrected chi connectivity index (χ4v) is 5.54. The van der Waals surface area contributed by atoms with Crippen LogP contribution in [0.25, 0.3) is 0 Å². The Morgan fingerprint density at radius 1 is 1.03 bits per heavy atom. The van der Waals surface area contributed by atoms with Crippen LogP contribution >= 0.6 is 15.9 Å². The van der Waals surface area contributed by atoms with Gasteiger partial charge in [-0.15, -0.1) is 0 Å². The van der Waals surface area contributed by atoms with E-state index < -0.39 is 15.7 Å². The lowest BCUT2D eigenvalue weighted by atomic mass is 10.0. The molecule has 9 heteroatoms. The van der Waals surface area contributed by atoms with Crippen molar-refractivity contribution in [1.29, 1.82) is 0 Å². The number of carbonyl (C=O) groups excluding carboxylic acids is 1. The zero-order chi connectivity index (χ0) is 24.1. The first-order valence-electron chi connectivity index (χ1n) is 11.1. The molecule has 180 valence electrons. The van der Waals surface area contributed by atoms with Crippen molar-refractivity contribution in [2.24, 2.45) is 0 Å². The average Bonchev–Trinajstić information content (AvgIpc) is 3.37. The molecule has 1 saturated heterocycles. The summed E-state index contributed by atoms with van der Waals surface area (Å²) in [7, 11) is -2.22. The molecule has 1 N–H and O–H groups in total. The largest absolute Gasteiger partial charge is 0.497 e. The highest BCUT2D eigenvalue weighted by atomic mass is 79.9. The Labute approximate surface area is 208 Å². The number of likely N-dealkylation sites (tertiary alicyclic amines) is 1. The predicted molar refractivity (Wildman–Crippen MR) is 132 cm³/mol. The molecular weight excluding hydrogens is 520 g/mol. The maximum atomic E-state index is 12.8. The number of piperidine rings is 1. The normalized spacial score (nSPS) is 15.6. The number of rotatable bonds is 8. The fraction of sp³-hybridized carbons (Fsp3) is 0.320. The minimum atomic E-state index is -3.85. The number of amides is 1. The number of halogens is 1. The van der Waals surface area contributed by atoms with Crippen LogP contribution in [0.1, 0.15) is 41.4 Å². The Hall–Kier alpha value is -2.62. The third-order valence-corrected chi connectivity index (χ3v) is 8.15. The van der Waals surface area contributed by atoms with Crippen LogP contribution in [-0.2, 0) is 9.84 Å². The lowest BCUT2D eigenvalue weighted by Crippen LogP contribution is -2.40. The number of nitrogens with zero attached hydrogens (tertiary/aromatic N) is 1. The molecule has 0 bridgehead atoms. The minimum absolute atomic E-state index is 0.00362. The van der Waals surface area contributed by atoms with Crippen molar-refractivity contribution in [3.8, 4) is 5.75 Å². The number of sulfone groups is 1. The van der Waals surface area contributed by atoms with Crippen molar-refractivity contribution in [3.63, 3.8) is 0 Å². The van der Waals surface area contributed by atoms with Crippen molar-refractivity contribution in [1.82, 2.24) is 10.2 Å². The summed E-state index contributed by atoms with van der Waals surface area (Å²) < 4.78 is 37.2. The van der Waals surface area contributed by atoms with E-state index in [0.717, 1.165) is 41.7 Å². The number of methoxy groups -OCH3 is 1. The first-order valence-corrected chi connectivity index (χ1v) is 13.4. The molecule has 2 heterocycles. The average molecular weight is 547 g/mol. The lowest BCUT2D eigenvalue weighted by Gasteiger charge is -2.35. The quantitative estimate of drug-likeness (QED) is 0.434. The van der Waals surface area contributed by atoms with Gasteiger partial charge in [0.1, 0.15) is 5.75 Å². The Morgan fingerprint density at radius 2 is 1.71 bits per heavy atom. The second kappa shape index (κ2) is 10.8. The third-order valence-electron chi connectivity index (χ3n) is 5.98. The number of furan rings is 1. The highest BCUT2D eigenvalue weighted by Crippen LogP contribution is 2.27. The van der Waals surface area contributed by atoms with E-state index in [1.807, 2.05) is 24.3 Å². The van der Waals surface area contributed by atoms with Crippen molar-refractivity contribution in [3.05, 3.63) is 76.5 Å². The van der Waals surface area contributed by atoms with Gasteiger partial charge in [0.15, 0.2) is 5.76 Å². The first kappa shape index (κ1) is 24.5. The Balaban J connectivity index is 1.48. The van der Waals surface area contributed by atoms with Crippen LogP contribution in [0.2, 0.25) is 0 Å². The fourth-order valence-electron chi connectivity index (χ4n) is 4.11. The Kier molecular flexibility index (Phi) is 7.75. The van der Waals surface area contributed by atoms with Gasteiger partial charge in [-0.3, -0.25) is 9.69 Å². The summed E-state index contributed by atoms with van der Waals surface area (Å²) in [6.07, 6.45) is 3.45. The van der Waals surface area contributed by atoms with E-state index in [4.69, 9.17) is 9.15 Å². The summed E-state index contributed by atoms with van der Waals surface area (Å²) in [4.78, 5) is 15.3. The molecule has 2 aromatic carbocycles. The van der Waals surface area contributed by atoms with Crippen molar-refractivity contribution in [2.45, 2.75) is 35.3 Å². The number of nitrogens with one attached hydrogen (secondary N) is 1. The molecule has 0 unspecified atom stereocenters. The zero-order valence-corrected chi connectivity index (χ0v) is 21.3. The lowest BCUT2D eigenvalue weighted by molar-refractivity contribution is 0.0892. The summed E-state index contributed by atoms with van der Waals surface area (Å²) >= 11 is 3.29. The van der Waals surface area contributed by atoms with Gasteiger partial charge in [-0.25, -0.2) is 8.42 Å². The zero-order valence-electron chi connectivity index (χ0n) is 18.9. The molecule has 0 saturated carbocycles. The van der Waals surface area contributed by atoms with Crippen LogP contribution in [0.3, 0.4) is 0 Å². The smallest absolute Gasteiger partial charge is 0.287 e. The molecule has 1 atom stereocenters. The monoisotopic (exact) mass is 546 g/mol. The highest BCUT2D eigenvalue weighted by Gasteiger charge is 2.26. The molecule has 0 aliphatic carbocycles. The van der Waals surface area contributed by atoms with Gasteiger partial charge in [0, 0.05) is 11.0 Å². The predicted octanol–water partition coefficient (Wildman–Crippen LogP) is 4.84. The van der Waals surface area contributed by atoms with Crippen LogP contribution in [0.15, 0.2) is 79.5 Å². The standard InChI is InChI=1S/C25H27BrN2O5S/c1-32-20-9-5-18(6-10-20)22(28-15-3-2-4-16-28)17-27-25(29)23-13-14-24(33-23)34(30,31)21-11-7-19(26)8-12-21/h5-14,22H,2-4,15-17H2,1H3,(H,27,29)/t22-/m1/s1. The molecule has 1 aliphatic rings. The Bertz CT molecular complexity index is 1220.